The van der Waals surface area contributed by atoms with Crippen LogP contribution in [-0.4, -0.2) is 19.5 Å². The van der Waals surface area contributed by atoms with Crippen LogP contribution in [0.3, 0.4) is 0 Å². The third-order valence-electron chi connectivity index (χ3n) is 2.61. The molecule has 0 fully saturated rings. The predicted molar refractivity (Wildman–Crippen MR) is 88.5 cm³/mol. The first-order valence-corrected chi connectivity index (χ1v) is 7.83. The minimum atomic E-state index is -2.16. The smallest absolute Gasteiger partial charge is 0.365 e. The Labute approximate surface area is 151 Å². The summed E-state index contributed by atoms with van der Waals surface area (Å²) in [6.07, 6.45) is 0. The third-order valence-corrected chi connectivity index (χ3v) is 3.81. The number of hydrogen-bond acceptors (Lipinski definition) is 3. The molecule has 9 heteroatoms. The van der Waals surface area contributed by atoms with E-state index in [1.54, 1.807) is 31.2 Å². The molecule has 0 radical (unpaired) electrons. The lowest BCUT2D eigenvalue weighted by atomic mass is 10.2. The number of aryl methyl sites for hydroxylation is 1. The van der Waals surface area contributed by atoms with Crippen molar-refractivity contribution < 1.29 is 9.53 Å². The highest BCUT2D eigenvalue weighted by atomic mass is 35.6. The SMILES string of the molecule is Cc1cc(OC(=O)C(Cl)(Cl)Cl)n(Cc2ccc(Cl)c(Cl)c2)n1. The molecule has 4 nitrogen and oxygen atoms in total. The van der Waals surface area contributed by atoms with Crippen LogP contribution in [0.4, 0.5) is 0 Å². The second-order valence-electron chi connectivity index (χ2n) is 4.42. The monoisotopic (exact) mass is 400 g/mol. The summed E-state index contributed by atoms with van der Waals surface area (Å²) in [6.45, 7) is 2.06. The normalized spacial score (nSPS) is 11.5. The van der Waals surface area contributed by atoms with E-state index < -0.39 is 9.76 Å². The Kier molecular flexibility index (Phi) is 5.51. The van der Waals surface area contributed by atoms with Crippen molar-refractivity contribution in [2.45, 2.75) is 17.3 Å². The molecule has 1 heterocycles. The van der Waals surface area contributed by atoms with Crippen LogP contribution >= 0.6 is 58.0 Å². The summed E-state index contributed by atoms with van der Waals surface area (Å²) in [4.78, 5) is 11.6. The molecule has 0 aliphatic rings. The Bertz CT molecular complexity index is 709. The number of carbonyl (C=O) groups excluding carboxylic acids is 1. The molecule has 0 amide bonds. The lowest BCUT2D eigenvalue weighted by Gasteiger charge is -2.12. The average Bonchev–Trinajstić information content (AvgIpc) is 2.73. The number of carbonyl (C=O) groups is 1. The van der Waals surface area contributed by atoms with Crippen LogP contribution in [0.1, 0.15) is 11.3 Å². The molecule has 0 spiro atoms. The van der Waals surface area contributed by atoms with Crippen LogP contribution in [0.2, 0.25) is 10.0 Å². The van der Waals surface area contributed by atoms with E-state index in [1.807, 2.05) is 0 Å². The van der Waals surface area contributed by atoms with Gasteiger partial charge in [0.05, 0.1) is 22.3 Å². The molecule has 2 rings (SSSR count). The van der Waals surface area contributed by atoms with E-state index in [-0.39, 0.29) is 5.88 Å². The maximum absolute atomic E-state index is 11.6. The van der Waals surface area contributed by atoms with Crippen molar-refractivity contribution in [3.05, 3.63) is 45.6 Å². The summed E-state index contributed by atoms with van der Waals surface area (Å²) in [6, 6.07) is 6.71. The van der Waals surface area contributed by atoms with Gasteiger partial charge >= 0.3 is 5.97 Å². The Morgan fingerprint density at radius 3 is 2.50 bits per heavy atom. The van der Waals surface area contributed by atoms with Crippen LogP contribution in [-0.2, 0) is 11.3 Å². The Balaban J connectivity index is 2.24. The quantitative estimate of drug-likeness (QED) is 0.546. The van der Waals surface area contributed by atoms with E-state index in [1.165, 1.54) is 4.68 Å². The number of aromatic nitrogens is 2. The lowest BCUT2D eigenvalue weighted by molar-refractivity contribution is -0.133. The number of benzene rings is 1. The third kappa shape index (κ3) is 4.43. The van der Waals surface area contributed by atoms with E-state index in [0.717, 1.165) is 5.56 Å². The zero-order valence-corrected chi connectivity index (χ0v) is 14.9. The van der Waals surface area contributed by atoms with Crippen molar-refractivity contribution in [3.63, 3.8) is 0 Å². The van der Waals surface area contributed by atoms with Crippen LogP contribution < -0.4 is 4.74 Å². The van der Waals surface area contributed by atoms with E-state index in [2.05, 4.69) is 5.10 Å². The Morgan fingerprint density at radius 2 is 1.91 bits per heavy atom. The number of alkyl halides is 3. The van der Waals surface area contributed by atoms with Gasteiger partial charge in [0.1, 0.15) is 0 Å². The van der Waals surface area contributed by atoms with Gasteiger partial charge < -0.3 is 4.74 Å². The van der Waals surface area contributed by atoms with Crippen molar-refractivity contribution in [2.24, 2.45) is 0 Å². The number of nitrogens with zero attached hydrogens (tertiary/aromatic N) is 2. The van der Waals surface area contributed by atoms with Gasteiger partial charge in [0.15, 0.2) is 0 Å². The molecule has 0 saturated carbocycles. The van der Waals surface area contributed by atoms with Gasteiger partial charge in [-0.15, -0.1) is 0 Å². The molecule has 0 unspecified atom stereocenters. The molecular weight excluding hydrogens is 393 g/mol. The van der Waals surface area contributed by atoms with E-state index >= 15 is 0 Å². The van der Waals surface area contributed by atoms with Crippen LogP contribution in [0, 0.1) is 6.92 Å². The zero-order chi connectivity index (χ0) is 16.5. The minimum Gasteiger partial charge on any atom is -0.405 e. The molecule has 1 aromatic carbocycles. The van der Waals surface area contributed by atoms with Crippen LogP contribution in [0.25, 0.3) is 0 Å². The van der Waals surface area contributed by atoms with Crippen molar-refractivity contribution in [2.75, 3.05) is 0 Å². The molecule has 118 valence electrons. The Morgan fingerprint density at radius 1 is 1.23 bits per heavy atom. The van der Waals surface area contributed by atoms with Gasteiger partial charge in [0.2, 0.25) is 5.88 Å². The van der Waals surface area contributed by atoms with Crippen molar-refractivity contribution in [1.82, 2.24) is 9.78 Å². The Hall–Kier alpha value is -0.650. The maximum atomic E-state index is 11.6. The summed E-state index contributed by atoms with van der Waals surface area (Å²) in [5, 5.41) is 5.10. The van der Waals surface area contributed by atoms with E-state index in [0.29, 0.717) is 22.3 Å². The molecule has 0 saturated heterocycles. The van der Waals surface area contributed by atoms with Crippen LogP contribution in [0.5, 0.6) is 5.88 Å². The second kappa shape index (κ2) is 6.85. The molecule has 0 atom stereocenters. The van der Waals surface area contributed by atoms with Crippen LogP contribution in [0.15, 0.2) is 24.3 Å². The highest BCUT2D eigenvalue weighted by Gasteiger charge is 2.34. The molecule has 0 aliphatic carbocycles. The lowest BCUT2D eigenvalue weighted by Crippen LogP contribution is -2.26. The topological polar surface area (TPSA) is 44.1 Å². The first-order valence-electron chi connectivity index (χ1n) is 5.94. The first-order chi connectivity index (χ1) is 10.2. The summed E-state index contributed by atoms with van der Waals surface area (Å²) in [7, 11) is 0. The molecule has 0 aliphatic heterocycles. The summed E-state index contributed by atoms with van der Waals surface area (Å²) in [5.74, 6) is -0.840. The largest absolute Gasteiger partial charge is 0.405 e. The van der Waals surface area contributed by atoms with Gasteiger partial charge in [-0.25, -0.2) is 9.48 Å². The number of rotatable bonds is 3. The van der Waals surface area contributed by atoms with Gasteiger partial charge in [-0.2, -0.15) is 5.10 Å². The maximum Gasteiger partial charge on any atom is 0.365 e. The fourth-order valence-corrected chi connectivity index (χ4v) is 2.12. The van der Waals surface area contributed by atoms with Crippen molar-refractivity contribution >= 4 is 64.0 Å². The minimum absolute atomic E-state index is 0.167. The second-order valence-corrected chi connectivity index (χ2v) is 7.51. The molecule has 2 aromatic rings. The number of ether oxygens (including phenoxy) is 1. The highest BCUT2D eigenvalue weighted by molar-refractivity contribution is 6.75. The van der Waals surface area contributed by atoms with Gasteiger partial charge in [0, 0.05) is 6.07 Å². The molecular formula is C13H9Cl5N2O2. The van der Waals surface area contributed by atoms with Crippen molar-refractivity contribution in [1.29, 1.82) is 0 Å². The van der Waals surface area contributed by atoms with E-state index in [4.69, 9.17) is 62.7 Å². The zero-order valence-electron chi connectivity index (χ0n) is 11.1. The fraction of sp³-hybridized carbons (Fsp3) is 0.231. The van der Waals surface area contributed by atoms with Crippen molar-refractivity contribution in [3.8, 4) is 5.88 Å². The summed E-state index contributed by atoms with van der Waals surface area (Å²) in [5.41, 5.74) is 1.47. The number of hydrogen-bond donors (Lipinski definition) is 0. The first kappa shape index (κ1) is 17.7. The summed E-state index contributed by atoms with van der Waals surface area (Å²) >= 11 is 28.3. The average molecular weight is 402 g/mol. The van der Waals surface area contributed by atoms with Gasteiger partial charge in [-0.1, -0.05) is 64.1 Å². The predicted octanol–water partition coefficient (Wildman–Crippen LogP) is 4.82. The highest BCUT2D eigenvalue weighted by Crippen LogP contribution is 2.29. The molecule has 0 bridgehead atoms. The standard InChI is InChI=1S/C13H9Cl5N2O2/c1-7-4-11(22-12(21)13(16,17)18)20(19-7)6-8-2-3-9(14)10(15)5-8/h2-5H,6H2,1H3. The fourth-order valence-electron chi connectivity index (χ4n) is 1.68. The molecule has 22 heavy (non-hydrogen) atoms. The number of halogens is 5. The molecule has 0 N–H and O–H groups in total. The van der Waals surface area contributed by atoms with Gasteiger partial charge in [-0.05, 0) is 24.6 Å². The summed E-state index contributed by atoms with van der Waals surface area (Å²) < 4.78 is 4.36. The molecule has 1 aromatic heterocycles. The van der Waals surface area contributed by atoms with E-state index in [9.17, 15) is 4.79 Å². The van der Waals surface area contributed by atoms with Gasteiger partial charge in [0.25, 0.3) is 3.79 Å². The number of esters is 1. The van der Waals surface area contributed by atoms with Gasteiger partial charge in [-0.3, -0.25) is 0 Å².